The molecule has 0 radical (unpaired) electrons. The highest BCUT2D eigenvalue weighted by atomic mass is 32.2. The summed E-state index contributed by atoms with van der Waals surface area (Å²) in [6.45, 7) is 4.04. The van der Waals surface area contributed by atoms with E-state index in [4.69, 9.17) is 4.98 Å². The van der Waals surface area contributed by atoms with Crippen LogP contribution in [0.3, 0.4) is 0 Å². The second-order valence-electron chi connectivity index (χ2n) is 7.47. The van der Waals surface area contributed by atoms with Crippen molar-refractivity contribution in [3.05, 3.63) is 54.1 Å². The van der Waals surface area contributed by atoms with Crippen LogP contribution in [0.4, 0.5) is 19.1 Å². The van der Waals surface area contributed by atoms with E-state index in [1.54, 1.807) is 0 Å². The first-order valence-corrected chi connectivity index (χ1v) is 11.5. The lowest BCUT2D eigenvalue weighted by atomic mass is 10.2. The van der Waals surface area contributed by atoms with Gasteiger partial charge in [-0.25, -0.2) is 13.4 Å². The molecule has 0 N–H and O–H groups in total. The second kappa shape index (κ2) is 8.16. The SMILES string of the molecule is CCCn1c(N2CCN(S(=O)(=O)c3cccc(C(F)(F)F)c3)CC2)nc2ccccc21. The summed E-state index contributed by atoms with van der Waals surface area (Å²) in [5, 5.41) is 0. The fraction of sp³-hybridized carbons (Fsp3) is 0.381. The van der Waals surface area contributed by atoms with Crippen LogP contribution >= 0.6 is 0 Å². The number of aryl methyl sites for hydroxylation is 1. The van der Waals surface area contributed by atoms with E-state index in [0.29, 0.717) is 19.2 Å². The van der Waals surface area contributed by atoms with Crippen molar-refractivity contribution >= 4 is 27.0 Å². The molecule has 1 aliphatic rings. The standard InChI is InChI=1S/C21H23F3N4O2S/c1-2-10-28-19-9-4-3-8-18(19)25-20(28)26-11-13-27(14-12-26)31(29,30)17-7-5-6-16(15-17)21(22,23)24/h3-9,15H,2,10-14H2,1H3. The molecule has 31 heavy (non-hydrogen) atoms. The molecule has 4 rings (SSSR count). The minimum atomic E-state index is -4.59. The lowest BCUT2D eigenvalue weighted by Crippen LogP contribution is -2.49. The highest BCUT2D eigenvalue weighted by Crippen LogP contribution is 2.31. The minimum absolute atomic E-state index is 0.175. The van der Waals surface area contributed by atoms with Gasteiger partial charge in [-0.15, -0.1) is 0 Å². The van der Waals surface area contributed by atoms with E-state index in [1.807, 2.05) is 29.2 Å². The zero-order chi connectivity index (χ0) is 22.2. The number of rotatable bonds is 5. The van der Waals surface area contributed by atoms with Crippen LogP contribution in [0.1, 0.15) is 18.9 Å². The molecule has 2 heterocycles. The summed E-state index contributed by atoms with van der Waals surface area (Å²) >= 11 is 0. The number of hydrogen-bond acceptors (Lipinski definition) is 4. The Morgan fingerprint density at radius 1 is 1.00 bits per heavy atom. The largest absolute Gasteiger partial charge is 0.416 e. The summed E-state index contributed by atoms with van der Waals surface area (Å²) in [6, 6.07) is 11.7. The Labute approximate surface area is 178 Å². The maximum atomic E-state index is 13.0. The quantitative estimate of drug-likeness (QED) is 0.588. The number of fused-ring (bicyclic) bond motifs is 1. The van der Waals surface area contributed by atoms with Crippen molar-refractivity contribution in [3.63, 3.8) is 0 Å². The molecule has 0 aliphatic carbocycles. The zero-order valence-corrected chi connectivity index (χ0v) is 17.8. The van der Waals surface area contributed by atoms with Crippen LogP contribution in [0.2, 0.25) is 0 Å². The molecule has 0 saturated carbocycles. The van der Waals surface area contributed by atoms with Gasteiger partial charge >= 0.3 is 6.18 Å². The highest BCUT2D eigenvalue weighted by molar-refractivity contribution is 7.89. The van der Waals surface area contributed by atoms with Gasteiger partial charge in [-0.3, -0.25) is 0 Å². The van der Waals surface area contributed by atoms with Gasteiger partial charge in [-0.1, -0.05) is 25.1 Å². The average Bonchev–Trinajstić information content (AvgIpc) is 3.12. The summed E-state index contributed by atoms with van der Waals surface area (Å²) < 4.78 is 68.3. The third-order valence-corrected chi connectivity index (χ3v) is 7.30. The molecule has 6 nitrogen and oxygen atoms in total. The van der Waals surface area contributed by atoms with Crippen LogP contribution in [-0.4, -0.2) is 48.5 Å². The summed E-state index contributed by atoms with van der Waals surface area (Å²) in [6.07, 6.45) is -3.67. The maximum absolute atomic E-state index is 13.0. The van der Waals surface area contributed by atoms with Gasteiger partial charge in [0.15, 0.2) is 0 Å². The number of imidazole rings is 1. The van der Waals surface area contributed by atoms with E-state index in [2.05, 4.69) is 11.5 Å². The van der Waals surface area contributed by atoms with Gasteiger partial charge < -0.3 is 9.47 Å². The lowest BCUT2D eigenvalue weighted by molar-refractivity contribution is -0.137. The first-order valence-electron chi connectivity index (χ1n) is 10.1. The molecule has 0 spiro atoms. The van der Waals surface area contributed by atoms with Crippen molar-refractivity contribution < 1.29 is 21.6 Å². The van der Waals surface area contributed by atoms with Gasteiger partial charge in [0.25, 0.3) is 0 Å². The van der Waals surface area contributed by atoms with Crippen molar-refractivity contribution in [2.45, 2.75) is 31.0 Å². The summed E-state index contributed by atoms with van der Waals surface area (Å²) in [4.78, 5) is 6.43. The van der Waals surface area contributed by atoms with Crippen LogP contribution in [-0.2, 0) is 22.7 Å². The van der Waals surface area contributed by atoms with Crippen molar-refractivity contribution in [1.29, 1.82) is 0 Å². The molecular formula is C21H23F3N4O2S. The smallest absolute Gasteiger partial charge is 0.340 e. The molecule has 2 aromatic carbocycles. The Bertz CT molecular complexity index is 1180. The third kappa shape index (κ3) is 4.14. The number of hydrogen-bond donors (Lipinski definition) is 0. The van der Waals surface area contributed by atoms with E-state index in [1.165, 1.54) is 10.4 Å². The monoisotopic (exact) mass is 452 g/mol. The molecule has 0 bridgehead atoms. The average molecular weight is 453 g/mol. The Morgan fingerprint density at radius 2 is 1.71 bits per heavy atom. The Morgan fingerprint density at radius 3 is 2.39 bits per heavy atom. The number of piperazine rings is 1. The third-order valence-electron chi connectivity index (χ3n) is 5.40. The first kappa shape index (κ1) is 21.6. The summed E-state index contributed by atoms with van der Waals surface area (Å²) in [7, 11) is -4.02. The van der Waals surface area contributed by atoms with Gasteiger partial charge in [0.2, 0.25) is 16.0 Å². The van der Waals surface area contributed by atoms with Crippen LogP contribution in [0, 0.1) is 0 Å². The van der Waals surface area contributed by atoms with E-state index in [-0.39, 0.29) is 18.0 Å². The number of alkyl halides is 3. The predicted octanol–water partition coefficient (Wildman–Crippen LogP) is 3.98. The molecule has 3 aromatic rings. The van der Waals surface area contributed by atoms with Crippen molar-refractivity contribution in [1.82, 2.24) is 13.9 Å². The molecule has 10 heteroatoms. The van der Waals surface area contributed by atoms with Crippen molar-refractivity contribution in [2.75, 3.05) is 31.1 Å². The van der Waals surface area contributed by atoms with Gasteiger partial charge in [0.1, 0.15) is 0 Å². The Hall–Kier alpha value is -2.59. The number of benzene rings is 2. The number of sulfonamides is 1. The van der Waals surface area contributed by atoms with Crippen LogP contribution < -0.4 is 4.90 Å². The fourth-order valence-electron chi connectivity index (χ4n) is 3.86. The number of anilines is 1. The van der Waals surface area contributed by atoms with Gasteiger partial charge in [-0.2, -0.15) is 17.5 Å². The van der Waals surface area contributed by atoms with E-state index in [9.17, 15) is 21.6 Å². The molecular weight excluding hydrogens is 429 g/mol. The molecule has 1 fully saturated rings. The number of nitrogens with zero attached hydrogens (tertiary/aromatic N) is 4. The van der Waals surface area contributed by atoms with E-state index in [0.717, 1.165) is 42.1 Å². The van der Waals surface area contributed by atoms with Gasteiger partial charge in [0, 0.05) is 32.7 Å². The topological polar surface area (TPSA) is 58.4 Å². The Kier molecular flexibility index (Phi) is 5.69. The minimum Gasteiger partial charge on any atom is -0.340 e. The van der Waals surface area contributed by atoms with E-state index >= 15 is 0 Å². The van der Waals surface area contributed by atoms with Gasteiger partial charge in [-0.05, 0) is 36.8 Å². The fourth-order valence-corrected chi connectivity index (χ4v) is 5.33. The number of para-hydroxylation sites is 2. The number of aromatic nitrogens is 2. The van der Waals surface area contributed by atoms with E-state index < -0.39 is 21.8 Å². The second-order valence-corrected chi connectivity index (χ2v) is 9.41. The van der Waals surface area contributed by atoms with Crippen LogP contribution in [0.5, 0.6) is 0 Å². The lowest BCUT2D eigenvalue weighted by Gasteiger charge is -2.34. The molecule has 166 valence electrons. The maximum Gasteiger partial charge on any atom is 0.416 e. The molecule has 1 aromatic heterocycles. The zero-order valence-electron chi connectivity index (χ0n) is 17.0. The van der Waals surface area contributed by atoms with Crippen LogP contribution in [0.15, 0.2) is 53.4 Å². The van der Waals surface area contributed by atoms with Crippen LogP contribution in [0.25, 0.3) is 11.0 Å². The molecule has 0 amide bonds. The predicted molar refractivity (Wildman–Crippen MR) is 112 cm³/mol. The number of halogens is 3. The summed E-state index contributed by atoms with van der Waals surface area (Å²) in [5.41, 5.74) is 0.934. The van der Waals surface area contributed by atoms with Gasteiger partial charge in [0.05, 0.1) is 21.5 Å². The molecule has 0 atom stereocenters. The highest BCUT2D eigenvalue weighted by Gasteiger charge is 2.34. The first-order chi connectivity index (χ1) is 14.7. The molecule has 0 unspecified atom stereocenters. The Balaban J connectivity index is 1.55. The molecule has 1 saturated heterocycles. The molecule has 1 aliphatic heterocycles. The van der Waals surface area contributed by atoms with Crippen molar-refractivity contribution in [3.8, 4) is 0 Å². The summed E-state index contributed by atoms with van der Waals surface area (Å²) in [5.74, 6) is 0.791. The normalized spacial score (nSPS) is 16.2. The van der Waals surface area contributed by atoms with Crippen molar-refractivity contribution in [2.24, 2.45) is 0 Å².